The van der Waals surface area contributed by atoms with Gasteiger partial charge in [0.25, 0.3) is 11.8 Å². The van der Waals surface area contributed by atoms with E-state index >= 15 is 0 Å². The van der Waals surface area contributed by atoms with Crippen LogP contribution in [0.3, 0.4) is 0 Å². The fourth-order valence-corrected chi connectivity index (χ4v) is 2.86. The second-order valence-electron chi connectivity index (χ2n) is 6.46. The lowest BCUT2D eigenvalue weighted by molar-refractivity contribution is 0.101. The molecule has 0 unspecified atom stereocenters. The number of carbonyl (C=O) groups excluding carboxylic acids is 2. The van der Waals surface area contributed by atoms with E-state index in [-0.39, 0.29) is 11.7 Å². The molecule has 0 saturated heterocycles. The van der Waals surface area contributed by atoms with Crippen LogP contribution in [-0.4, -0.2) is 21.8 Å². The van der Waals surface area contributed by atoms with Crippen LogP contribution in [0.5, 0.6) is 0 Å². The van der Waals surface area contributed by atoms with Gasteiger partial charge in [-0.15, -0.1) is 0 Å². The molecular weight excluding hydrogens is 366 g/mol. The van der Waals surface area contributed by atoms with Crippen molar-refractivity contribution in [1.82, 2.24) is 10.1 Å². The van der Waals surface area contributed by atoms with Crippen molar-refractivity contribution in [3.63, 3.8) is 0 Å². The molecule has 6 nitrogen and oxygen atoms in total. The molecule has 142 valence electrons. The zero-order valence-electron chi connectivity index (χ0n) is 15.6. The minimum Gasteiger partial charge on any atom is -0.334 e. The fourth-order valence-electron chi connectivity index (χ4n) is 2.86. The Bertz CT molecular complexity index is 1180. The number of rotatable bonds is 5. The van der Waals surface area contributed by atoms with Crippen LogP contribution in [-0.2, 0) is 0 Å². The molecule has 0 spiro atoms. The summed E-state index contributed by atoms with van der Waals surface area (Å²) in [5.41, 5.74) is 3.02. The summed E-state index contributed by atoms with van der Waals surface area (Å²) in [5, 5.41) is 6.82. The molecule has 3 aromatic carbocycles. The molecule has 1 heterocycles. The Morgan fingerprint density at radius 2 is 1.55 bits per heavy atom. The van der Waals surface area contributed by atoms with E-state index in [9.17, 15) is 9.59 Å². The minimum atomic E-state index is -0.296. The summed E-state index contributed by atoms with van der Waals surface area (Å²) in [6.07, 6.45) is 0. The Morgan fingerprint density at radius 1 is 0.828 bits per heavy atom. The van der Waals surface area contributed by atoms with Gasteiger partial charge < -0.3 is 9.84 Å². The van der Waals surface area contributed by atoms with Gasteiger partial charge in [-0.05, 0) is 37.3 Å². The van der Waals surface area contributed by atoms with Crippen LogP contribution in [0.1, 0.15) is 27.6 Å². The lowest BCUT2D eigenvalue weighted by atomic mass is 10.1. The van der Waals surface area contributed by atoms with E-state index in [1.807, 2.05) is 30.3 Å². The van der Waals surface area contributed by atoms with Gasteiger partial charge in [-0.25, -0.2) is 0 Å². The van der Waals surface area contributed by atoms with E-state index in [1.165, 1.54) is 6.92 Å². The Hall–Kier alpha value is -4.06. The lowest BCUT2D eigenvalue weighted by Crippen LogP contribution is -2.12. The van der Waals surface area contributed by atoms with Crippen molar-refractivity contribution in [3.05, 3.63) is 90.0 Å². The van der Waals surface area contributed by atoms with Gasteiger partial charge in [0.05, 0.1) is 0 Å². The third-order valence-corrected chi connectivity index (χ3v) is 4.36. The quantitative estimate of drug-likeness (QED) is 0.498. The van der Waals surface area contributed by atoms with Crippen LogP contribution in [0, 0.1) is 0 Å². The number of nitrogens with one attached hydrogen (secondary N) is 1. The molecule has 6 heteroatoms. The number of aromatic nitrogens is 2. The first-order valence-electron chi connectivity index (χ1n) is 9.02. The molecule has 0 aliphatic heterocycles. The molecule has 1 N–H and O–H groups in total. The van der Waals surface area contributed by atoms with E-state index in [1.54, 1.807) is 48.5 Å². The first-order valence-corrected chi connectivity index (χ1v) is 9.02. The van der Waals surface area contributed by atoms with Crippen LogP contribution in [0.25, 0.3) is 22.8 Å². The first kappa shape index (κ1) is 18.3. The van der Waals surface area contributed by atoms with E-state index < -0.39 is 0 Å². The van der Waals surface area contributed by atoms with Gasteiger partial charge in [0, 0.05) is 27.9 Å². The third-order valence-electron chi connectivity index (χ3n) is 4.36. The van der Waals surface area contributed by atoms with Gasteiger partial charge >= 0.3 is 0 Å². The summed E-state index contributed by atoms with van der Waals surface area (Å²) in [7, 11) is 0. The molecule has 0 aliphatic rings. The maximum absolute atomic E-state index is 12.6. The molecule has 0 fully saturated rings. The molecule has 4 aromatic rings. The number of nitrogens with zero attached hydrogens (tertiary/aromatic N) is 2. The molecule has 1 amide bonds. The Kier molecular flexibility index (Phi) is 4.99. The molecule has 0 saturated carbocycles. The third kappa shape index (κ3) is 4.11. The first-order chi connectivity index (χ1) is 14.1. The number of Topliss-reactive ketones (excluding diaryl/α,β-unsaturated/α-hetero) is 1. The number of benzene rings is 3. The largest absolute Gasteiger partial charge is 0.334 e. The van der Waals surface area contributed by atoms with Gasteiger partial charge in [-0.2, -0.15) is 4.98 Å². The highest BCUT2D eigenvalue weighted by molar-refractivity contribution is 6.05. The zero-order chi connectivity index (χ0) is 20.2. The molecule has 1 aromatic heterocycles. The molecule has 0 bridgehead atoms. The molecule has 29 heavy (non-hydrogen) atoms. The monoisotopic (exact) mass is 383 g/mol. The topological polar surface area (TPSA) is 85.1 Å². The normalized spacial score (nSPS) is 10.5. The number of anilines is 1. The second-order valence-corrected chi connectivity index (χ2v) is 6.46. The molecule has 0 radical (unpaired) electrons. The SMILES string of the molecule is CC(=O)c1cccc(NC(=O)c2cccc(-c3nc(-c4ccccc4)no3)c2)c1. The van der Waals surface area contributed by atoms with Crippen LogP contribution >= 0.6 is 0 Å². The summed E-state index contributed by atoms with van der Waals surface area (Å²) in [4.78, 5) is 28.6. The number of ketones is 1. The lowest BCUT2D eigenvalue weighted by Gasteiger charge is -2.07. The molecule has 0 atom stereocenters. The van der Waals surface area contributed by atoms with Crippen molar-refractivity contribution >= 4 is 17.4 Å². The number of amides is 1. The highest BCUT2D eigenvalue weighted by atomic mass is 16.5. The smallest absolute Gasteiger partial charge is 0.258 e. The second kappa shape index (κ2) is 7.90. The van der Waals surface area contributed by atoms with E-state index in [2.05, 4.69) is 15.5 Å². The van der Waals surface area contributed by atoms with Gasteiger partial charge in [-0.1, -0.05) is 53.7 Å². The van der Waals surface area contributed by atoms with E-state index in [4.69, 9.17) is 4.52 Å². The zero-order valence-corrected chi connectivity index (χ0v) is 15.6. The average Bonchev–Trinajstić information content (AvgIpc) is 3.25. The number of hydrogen-bond acceptors (Lipinski definition) is 5. The number of hydrogen-bond donors (Lipinski definition) is 1. The fraction of sp³-hybridized carbons (Fsp3) is 0.0435. The maximum atomic E-state index is 12.6. The Balaban J connectivity index is 1.56. The van der Waals surface area contributed by atoms with Gasteiger partial charge in [0.2, 0.25) is 5.82 Å². The summed E-state index contributed by atoms with van der Waals surface area (Å²) in [5.74, 6) is 0.456. The van der Waals surface area contributed by atoms with Gasteiger partial charge in [0.15, 0.2) is 5.78 Å². The van der Waals surface area contributed by atoms with Crippen LogP contribution in [0.4, 0.5) is 5.69 Å². The molecular formula is C23H17N3O3. The Labute approximate surface area is 167 Å². The van der Waals surface area contributed by atoms with Crippen molar-refractivity contribution in [2.45, 2.75) is 6.92 Å². The Morgan fingerprint density at radius 3 is 2.34 bits per heavy atom. The van der Waals surface area contributed by atoms with Crippen LogP contribution in [0.15, 0.2) is 83.4 Å². The molecule has 0 aliphatic carbocycles. The van der Waals surface area contributed by atoms with Crippen molar-refractivity contribution < 1.29 is 14.1 Å². The van der Waals surface area contributed by atoms with Crippen molar-refractivity contribution in [1.29, 1.82) is 0 Å². The van der Waals surface area contributed by atoms with Crippen molar-refractivity contribution in [3.8, 4) is 22.8 Å². The summed E-state index contributed by atoms with van der Waals surface area (Å²) in [6.45, 7) is 1.48. The summed E-state index contributed by atoms with van der Waals surface area (Å²) >= 11 is 0. The highest BCUT2D eigenvalue weighted by Gasteiger charge is 2.13. The standard InChI is InChI=1S/C23H17N3O3/c1-15(27)17-9-6-12-20(14-17)24-22(28)18-10-5-11-19(13-18)23-25-21(26-29-23)16-7-3-2-4-8-16/h2-14H,1H3,(H,24,28). The van der Waals surface area contributed by atoms with Gasteiger partial charge in [-0.3, -0.25) is 9.59 Å². The summed E-state index contributed by atoms with van der Waals surface area (Å²) < 4.78 is 5.37. The number of carbonyl (C=O) groups is 2. The van der Waals surface area contributed by atoms with Gasteiger partial charge in [0.1, 0.15) is 0 Å². The average molecular weight is 383 g/mol. The summed E-state index contributed by atoms with van der Waals surface area (Å²) in [6, 6.07) is 23.3. The minimum absolute atomic E-state index is 0.0614. The van der Waals surface area contributed by atoms with E-state index in [0.717, 1.165) is 5.56 Å². The highest BCUT2D eigenvalue weighted by Crippen LogP contribution is 2.23. The predicted molar refractivity (Wildman–Crippen MR) is 110 cm³/mol. The predicted octanol–water partition coefficient (Wildman–Crippen LogP) is 4.86. The molecule has 4 rings (SSSR count). The van der Waals surface area contributed by atoms with Crippen molar-refractivity contribution in [2.24, 2.45) is 0 Å². The van der Waals surface area contributed by atoms with E-state index in [0.29, 0.717) is 34.1 Å². The van der Waals surface area contributed by atoms with Crippen molar-refractivity contribution in [2.75, 3.05) is 5.32 Å². The van der Waals surface area contributed by atoms with Crippen LogP contribution in [0.2, 0.25) is 0 Å². The van der Waals surface area contributed by atoms with Crippen LogP contribution < -0.4 is 5.32 Å². The maximum Gasteiger partial charge on any atom is 0.258 e.